The van der Waals surface area contributed by atoms with Crippen LogP contribution in [-0.2, 0) is 0 Å². The summed E-state index contributed by atoms with van der Waals surface area (Å²) in [6.07, 6.45) is 0. The van der Waals surface area contributed by atoms with Crippen LogP contribution in [-0.4, -0.2) is 24.2 Å². The fourth-order valence-electron chi connectivity index (χ4n) is 1.59. The number of hydrogen-bond donors (Lipinski definition) is 2. The molecule has 3 N–H and O–H groups in total. The maximum Gasteiger partial charge on any atom is 0.347 e. The minimum absolute atomic E-state index is 0.120. The zero-order chi connectivity index (χ0) is 11.7. The summed E-state index contributed by atoms with van der Waals surface area (Å²) in [5, 5.41) is 0.543. The highest BCUT2D eigenvalue weighted by molar-refractivity contribution is 5.95. The van der Waals surface area contributed by atoms with Crippen LogP contribution in [0.25, 0.3) is 10.9 Å². The van der Waals surface area contributed by atoms with E-state index in [9.17, 15) is 4.79 Å². The van der Waals surface area contributed by atoms with Crippen LogP contribution >= 0.6 is 0 Å². The van der Waals surface area contributed by atoms with Crippen molar-refractivity contribution in [2.45, 2.75) is 0 Å². The number of nitrogens with zero attached hydrogens (tertiary/aromatic N) is 1. The van der Waals surface area contributed by atoms with Crippen molar-refractivity contribution in [1.82, 2.24) is 9.97 Å². The zero-order valence-corrected chi connectivity index (χ0v) is 8.90. The summed E-state index contributed by atoms with van der Waals surface area (Å²) in [4.78, 5) is 17.3. The van der Waals surface area contributed by atoms with Crippen molar-refractivity contribution in [1.29, 1.82) is 0 Å². The molecule has 16 heavy (non-hydrogen) atoms. The van der Waals surface area contributed by atoms with Crippen LogP contribution in [0, 0.1) is 0 Å². The number of nitrogen functional groups attached to an aromatic ring is 1. The number of ether oxygens (including phenoxy) is 2. The van der Waals surface area contributed by atoms with E-state index < -0.39 is 5.69 Å². The maximum absolute atomic E-state index is 11.1. The Morgan fingerprint density at radius 2 is 2.06 bits per heavy atom. The van der Waals surface area contributed by atoms with Crippen LogP contribution in [0.3, 0.4) is 0 Å². The molecule has 0 amide bonds. The Morgan fingerprint density at radius 1 is 1.31 bits per heavy atom. The monoisotopic (exact) mass is 221 g/mol. The molecule has 84 valence electrons. The van der Waals surface area contributed by atoms with Gasteiger partial charge in [0.05, 0.1) is 25.1 Å². The number of H-pyrrole nitrogens is 1. The second-order valence-electron chi connectivity index (χ2n) is 3.15. The number of nitrogens with one attached hydrogen (secondary N) is 1. The Morgan fingerprint density at radius 3 is 2.69 bits per heavy atom. The maximum atomic E-state index is 11.1. The number of aromatic amines is 1. The summed E-state index contributed by atoms with van der Waals surface area (Å²) in [7, 11) is 3.03. The largest absolute Gasteiger partial charge is 0.493 e. The van der Waals surface area contributed by atoms with E-state index in [0.717, 1.165) is 0 Å². The molecule has 0 radical (unpaired) electrons. The van der Waals surface area contributed by atoms with Crippen LogP contribution in [0.2, 0.25) is 0 Å². The van der Waals surface area contributed by atoms with Crippen LogP contribution in [0.1, 0.15) is 0 Å². The van der Waals surface area contributed by atoms with Gasteiger partial charge < -0.3 is 20.2 Å². The van der Waals surface area contributed by atoms with Crippen molar-refractivity contribution in [2.24, 2.45) is 0 Å². The van der Waals surface area contributed by atoms with Gasteiger partial charge in [0.25, 0.3) is 0 Å². The van der Waals surface area contributed by atoms with Gasteiger partial charge in [0, 0.05) is 0 Å². The Labute approximate surface area is 91.0 Å². The van der Waals surface area contributed by atoms with E-state index in [1.54, 1.807) is 12.1 Å². The molecule has 0 atom stereocenters. The number of nitrogens with two attached hydrogens (primary N) is 1. The molecule has 6 heteroatoms. The number of anilines is 1. The first-order valence-electron chi connectivity index (χ1n) is 4.58. The third-order valence-corrected chi connectivity index (χ3v) is 2.27. The molecule has 1 aromatic heterocycles. The van der Waals surface area contributed by atoms with Gasteiger partial charge >= 0.3 is 5.69 Å². The standard InChI is InChI=1S/C10H11N3O3/c1-15-6-4-3-5-7(8(6)16-2)9(11)13-10(14)12-5/h3-4H,1-2H3,(H3,11,12,13,14). The molecule has 0 aliphatic carbocycles. The van der Waals surface area contributed by atoms with Crippen LogP contribution in [0.5, 0.6) is 11.5 Å². The van der Waals surface area contributed by atoms with Gasteiger partial charge in [-0.1, -0.05) is 0 Å². The van der Waals surface area contributed by atoms with Crippen LogP contribution in [0.4, 0.5) is 5.82 Å². The topological polar surface area (TPSA) is 90.2 Å². The summed E-state index contributed by atoms with van der Waals surface area (Å²) in [6.45, 7) is 0. The zero-order valence-electron chi connectivity index (χ0n) is 8.90. The van der Waals surface area contributed by atoms with Crippen molar-refractivity contribution in [3.63, 3.8) is 0 Å². The number of benzene rings is 1. The molecule has 0 bridgehead atoms. The fourth-order valence-corrected chi connectivity index (χ4v) is 1.59. The van der Waals surface area contributed by atoms with E-state index in [2.05, 4.69) is 9.97 Å². The van der Waals surface area contributed by atoms with Gasteiger partial charge in [0.1, 0.15) is 5.82 Å². The minimum atomic E-state index is -0.489. The second kappa shape index (κ2) is 3.73. The van der Waals surface area contributed by atoms with Gasteiger partial charge in [0.2, 0.25) is 0 Å². The van der Waals surface area contributed by atoms with E-state index in [1.165, 1.54) is 14.2 Å². The average molecular weight is 221 g/mol. The Bertz CT molecular complexity index is 592. The summed E-state index contributed by atoms with van der Waals surface area (Å²) in [6, 6.07) is 3.38. The van der Waals surface area contributed by atoms with Gasteiger partial charge in [-0.25, -0.2) is 4.79 Å². The van der Waals surface area contributed by atoms with Crippen LogP contribution < -0.4 is 20.9 Å². The van der Waals surface area contributed by atoms with Crippen molar-refractivity contribution < 1.29 is 9.47 Å². The predicted molar refractivity (Wildman–Crippen MR) is 59.9 cm³/mol. The highest BCUT2D eigenvalue weighted by Gasteiger charge is 2.13. The van der Waals surface area contributed by atoms with Gasteiger partial charge in [-0.05, 0) is 12.1 Å². The molecular formula is C10H11N3O3. The Hall–Kier alpha value is -2.24. The summed E-state index contributed by atoms with van der Waals surface area (Å²) in [5.41, 5.74) is 5.77. The lowest BCUT2D eigenvalue weighted by Crippen LogP contribution is -2.13. The first-order valence-corrected chi connectivity index (χ1v) is 4.58. The van der Waals surface area contributed by atoms with Crippen molar-refractivity contribution in [3.8, 4) is 11.5 Å². The highest BCUT2D eigenvalue weighted by atomic mass is 16.5. The van der Waals surface area contributed by atoms with Crippen molar-refractivity contribution >= 4 is 16.7 Å². The lowest BCUT2D eigenvalue weighted by molar-refractivity contribution is 0.358. The van der Waals surface area contributed by atoms with Crippen LogP contribution in [0.15, 0.2) is 16.9 Å². The van der Waals surface area contributed by atoms with E-state index in [4.69, 9.17) is 15.2 Å². The molecule has 2 aromatic rings. The first kappa shape index (κ1) is 10.3. The number of hydrogen-bond acceptors (Lipinski definition) is 5. The average Bonchev–Trinajstić information content (AvgIpc) is 2.27. The number of aromatic nitrogens is 2. The van der Waals surface area contributed by atoms with E-state index in [0.29, 0.717) is 22.4 Å². The van der Waals surface area contributed by atoms with Gasteiger partial charge in [0.15, 0.2) is 11.5 Å². The highest BCUT2D eigenvalue weighted by Crippen LogP contribution is 2.36. The number of fused-ring (bicyclic) bond motifs is 1. The SMILES string of the molecule is COc1ccc2[nH]c(=O)nc(N)c2c1OC. The summed E-state index contributed by atoms with van der Waals surface area (Å²) >= 11 is 0. The molecule has 1 aromatic carbocycles. The van der Waals surface area contributed by atoms with E-state index in [-0.39, 0.29) is 5.82 Å². The summed E-state index contributed by atoms with van der Waals surface area (Å²) < 4.78 is 10.3. The van der Waals surface area contributed by atoms with Gasteiger partial charge in [-0.15, -0.1) is 0 Å². The van der Waals surface area contributed by atoms with E-state index in [1.807, 2.05) is 0 Å². The molecule has 2 rings (SSSR count). The molecule has 0 fully saturated rings. The molecule has 6 nitrogen and oxygen atoms in total. The molecule has 1 heterocycles. The Kier molecular flexibility index (Phi) is 2.40. The third kappa shape index (κ3) is 1.44. The molecule has 0 spiro atoms. The van der Waals surface area contributed by atoms with E-state index >= 15 is 0 Å². The number of rotatable bonds is 2. The van der Waals surface area contributed by atoms with Gasteiger partial charge in [-0.3, -0.25) is 0 Å². The minimum Gasteiger partial charge on any atom is -0.493 e. The lowest BCUT2D eigenvalue weighted by Gasteiger charge is -2.10. The quantitative estimate of drug-likeness (QED) is 0.771. The molecule has 0 aliphatic rings. The molecular weight excluding hydrogens is 210 g/mol. The van der Waals surface area contributed by atoms with Crippen molar-refractivity contribution in [2.75, 3.05) is 20.0 Å². The Balaban J connectivity index is 2.92. The summed E-state index contributed by atoms with van der Waals surface area (Å²) in [5.74, 6) is 1.12. The molecule has 0 saturated heterocycles. The number of methoxy groups -OCH3 is 2. The molecule has 0 saturated carbocycles. The predicted octanol–water partition coefficient (Wildman–Crippen LogP) is 0.523. The van der Waals surface area contributed by atoms with Gasteiger partial charge in [-0.2, -0.15) is 4.98 Å². The molecule has 0 aliphatic heterocycles. The lowest BCUT2D eigenvalue weighted by atomic mass is 10.2. The first-order chi connectivity index (χ1) is 7.67. The molecule has 0 unspecified atom stereocenters. The third-order valence-electron chi connectivity index (χ3n) is 2.27. The smallest absolute Gasteiger partial charge is 0.347 e. The van der Waals surface area contributed by atoms with Crippen molar-refractivity contribution in [3.05, 3.63) is 22.6 Å². The normalized spacial score (nSPS) is 10.4. The fraction of sp³-hybridized carbons (Fsp3) is 0.200. The second-order valence-corrected chi connectivity index (χ2v) is 3.15.